The van der Waals surface area contributed by atoms with Gasteiger partial charge >= 0.3 is 0 Å². The Morgan fingerprint density at radius 3 is 2.48 bits per heavy atom. The third kappa shape index (κ3) is 4.28. The summed E-state index contributed by atoms with van der Waals surface area (Å²) >= 11 is 12.4. The summed E-state index contributed by atoms with van der Waals surface area (Å²) in [7, 11) is 1.52. The number of nitrogens with zero attached hydrogens (tertiary/aromatic N) is 2. The van der Waals surface area contributed by atoms with Gasteiger partial charge in [-0.05, 0) is 49.2 Å². The van der Waals surface area contributed by atoms with Gasteiger partial charge < -0.3 is 10.6 Å². The molecule has 3 aromatic rings. The van der Waals surface area contributed by atoms with E-state index >= 15 is 0 Å². The van der Waals surface area contributed by atoms with E-state index in [1.54, 1.807) is 31.2 Å². The molecule has 0 radical (unpaired) electrons. The van der Waals surface area contributed by atoms with Crippen LogP contribution in [-0.4, -0.2) is 28.6 Å². The largest absolute Gasteiger partial charge is 0.355 e. The van der Waals surface area contributed by atoms with Gasteiger partial charge in [-0.15, -0.1) is 0 Å². The first-order valence-corrected chi connectivity index (χ1v) is 9.78. The molecule has 150 valence electrons. The monoisotopic (exact) mass is 430 g/mol. The molecule has 2 aromatic carbocycles. The molecule has 8 heteroatoms. The molecule has 0 unspecified atom stereocenters. The lowest BCUT2D eigenvalue weighted by Crippen LogP contribution is -2.23. The van der Waals surface area contributed by atoms with Gasteiger partial charge in [0.15, 0.2) is 0 Å². The zero-order valence-electron chi connectivity index (χ0n) is 16.2. The van der Waals surface area contributed by atoms with Crippen LogP contribution in [-0.2, 0) is 6.42 Å². The number of aryl methyl sites for hydroxylation is 2. The first kappa shape index (κ1) is 20.9. The van der Waals surface area contributed by atoms with E-state index in [1.807, 2.05) is 19.1 Å². The Labute approximate surface area is 178 Å². The van der Waals surface area contributed by atoms with Gasteiger partial charge in [0.25, 0.3) is 11.8 Å². The fourth-order valence-corrected chi connectivity index (χ4v) is 3.46. The summed E-state index contributed by atoms with van der Waals surface area (Å²) in [5.74, 6) is -0.757. The minimum Gasteiger partial charge on any atom is -0.355 e. The van der Waals surface area contributed by atoms with Crippen LogP contribution in [0.3, 0.4) is 0 Å². The highest BCUT2D eigenvalue weighted by atomic mass is 35.5. The van der Waals surface area contributed by atoms with Crippen molar-refractivity contribution in [3.8, 4) is 5.69 Å². The average molecular weight is 431 g/mol. The maximum atomic E-state index is 13.2. The molecule has 29 heavy (non-hydrogen) atoms. The Morgan fingerprint density at radius 2 is 1.83 bits per heavy atom. The molecule has 1 heterocycles. The number of rotatable bonds is 5. The predicted octanol–water partition coefficient (Wildman–Crippen LogP) is 4.66. The molecule has 0 spiro atoms. The van der Waals surface area contributed by atoms with Crippen LogP contribution in [0.4, 0.5) is 5.69 Å². The summed E-state index contributed by atoms with van der Waals surface area (Å²) < 4.78 is 1.52. The molecule has 6 nitrogen and oxygen atoms in total. The Hall–Kier alpha value is -2.83. The third-order valence-corrected chi connectivity index (χ3v) is 4.98. The average Bonchev–Trinajstić information content (AvgIpc) is 3.13. The van der Waals surface area contributed by atoms with E-state index in [-0.39, 0.29) is 11.5 Å². The molecule has 3 rings (SSSR count). The number of aromatic nitrogens is 2. The highest BCUT2D eigenvalue weighted by Crippen LogP contribution is 2.27. The summed E-state index contributed by atoms with van der Waals surface area (Å²) in [5, 5.41) is 10.8. The van der Waals surface area contributed by atoms with Gasteiger partial charge in [0.2, 0.25) is 0 Å². The summed E-state index contributed by atoms with van der Waals surface area (Å²) in [6.07, 6.45) is 0.654. The van der Waals surface area contributed by atoms with Gasteiger partial charge in [-0.2, -0.15) is 5.10 Å². The highest BCUT2D eigenvalue weighted by molar-refractivity contribution is 6.32. The number of halogens is 2. The molecule has 0 aliphatic heterocycles. The number of benzene rings is 2. The van der Waals surface area contributed by atoms with Crippen molar-refractivity contribution in [2.45, 2.75) is 20.3 Å². The number of carbonyl (C=O) groups excluding carboxylic acids is 2. The van der Waals surface area contributed by atoms with Crippen LogP contribution in [0.2, 0.25) is 10.0 Å². The molecule has 0 aliphatic carbocycles. The lowest BCUT2D eigenvalue weighted by molar-refractivity contribution is 0.0964. The summed E-state index contributed by atoms with van der Waals surface area (Å²) in [4.78, 5) is 25.5. The molecule has 0 saturated carbocycles. The minimum atomic E-state index is -0.410. The Bertz CT molecular complexity index is 1090. The van der Waals surface area contributed by atoms with Crippen LogP contribution in [0.15, 0.2) is 42.5 Å². The smallest absolute Gasteiger partial charge is 0.274 e. The number of amides is 2. The van der Waals surface area contributed by atoms with Crippen LogP contribution in [0, 0.1) is 6.92 Å². The van der Waals surface area contributed by atoms with E-state index in [2.05, 4.69) is 15.7 Å². The number of para-hydroxylation sites is 1. The lowest BCUT2D eigenvalue weighted by Gasteiger charge is -2.15. The Kier molecular flexibility index (Phi) is 6.25. The van der Waals surface area contributed by atoms with E-state index in [0.29, 0.717) is 39.1 Å². The maximum absolute atomic E-state index is 13.2. The van der Waals surface area contributed by atoms with Gasteiger partial charge in [0.1, 0.15) is 5.69 Å². The predicted molar refractivity (Wildman–Crippen MR) is 115 cm³/mol. The van der Waals surface area contributed by atoms with Crippen molar-refractivity contribution in [3.63, 3.8) is 0 Å². The molecule has 0 bridgehead atoms. The highest BCUT2D eigenvalue weighted by Gasteiger charge is 2.21. The third-order valence-electron chi connectivity index (χ3n) is 4.45. The van der Waals surface area contributed by atoms with Gasteiger partial charge in [0.05, 0.1) is 27.7 Å². The fourth-order valence-electron chi connectivity index (χ4n) is 2.97. The number of hydrogen-bond donors (Lipinski definition) is 2. The molecule has 0 saturated heterocycles. The molecule has 1 aromatic heterocycles. The van der Waals surface area contributed by atoms with Gasteiger partial charge in [-0.3, -0.25) is 9.59 Å². The first-order chi connectivity index (χ1) is 13.8. The molecular formula is C21H20Cl2N4O2. The molecule has 2 amide bonds. The number of anilines is 1. The summed E-state index contributed by atoms with van der Waals surface area (Å²) in [5.41, 5.74) is 3.00. The van der Waals surface area contributed by atoms with Crippen LogP contribution in [0.25, 0.3) is 5.69 Å². The van der Waals surface area contributed by atoms with Crippen LogP contribution in [0.5, 0.6) is 0 Å². The van der Waals surface area contributed by atoms with Crippen molar-refractivity contribution >= 4 is 40.7 Å². The van der Waals surface area contributed by atoms with E-state index in [4.69, 9.17) is 23.2 Å². The Morgan fingerprint density at radius 1 is 1.10 bits per heavy atom. The number of nitrogens with one attached hydrogen (secondary N) is 2. The van der Waals surface area contributed by atoms with Crippen molar-refractivity contribution in [3.05, 3.63) is 75.0 Å². The van der Waals surface area contributed by atoms with Gasteiger partial charge in [-0.25, -0.2) is 4.68 Å². The van der Waals surface area contributed by atoms with Gasteiger partial charge in [0, 0.05) is 12.1 Å². The van der Waals surface area contributed by atoms with E-state index in [0.717, 1.165) is 5.69 Å². The SMILES string of the molecule is CCc1cc(C(=O)Nc2c(C)cc(Cl)cc2C(=O)NC)n(-c2ccccc2Cl)n1. The summed E-state index contributed by atoms with van der Waals surface area (Å²) in [6.45, 7) is 3.73. The van der Waals surface area contributed by atoms with E-state index in [1.165, 1.54) is 17.8 Å². The molecule has 0 fully saturated rings. The molecule has 0 aliphatic rings. The Balaban J connectivity index is 2.07. The topological polar surface area (TPSA) is 76.0 Å². The quantitative estimate of drug-likeness (QED) is 0.617. The second kappa shape index (κ2) is 8.68. The second-order valence-corrected chi connectivity index (χ2v) is 7.26. The maximum Gasteiger partial charge on any atom is 0.274 e. The second-order valence-electron chi connectivity index (χ2n) is 6.42. The van der Waals surface area contributed by atoms with Crippen molar-refractivity contribution in [1.82, 2.24) is 15.1 Å². The van der Waals surface area contributed by atoms with Crippen molar-refractivity contribution in [2.24, 2.45) is 0 Å². The first-order valence-electron chi connectivity index (χ1n) is 9.03. The van der Waals surface area contributed by atoms with Crippen molar-refractivity contribution < 1.29 is 9.59 Å². The zero-order chi connectivity index (χ0) is 21.1. The molecule has 0 atom stereocenters. The summed E-state index contributed by atoms with van der Waals surface area (Å²) in [6, 6.07) is 12.1. The molecule has 2 N–H and O–H groups in total. The van der Waals surface area contributed by atoms with Crippen LogP contribution in [0.1, 0.15) is 39.0 Å². The normalized spacial score (nSPS) is 10.7. The van der Waals surface area contributed by atoms with Gasteiger partial charge in [-0.1, -0.05) is 42.3 Å². The van der Waals surface area contributed by atoms with E-state index in [9.17, 15) is 9.59 Å². The van der Waals surface area contributed by atoms with E-state index < -0.39 is 5.91 Å². The fraction of sp³-hybridized carbons (Fsp3) is 0.190. The van der Waals surface area contributed by atoms with Crippen molar-refractivity contribution in [2.75, 3.05) is 12.4 Å². The van der Waals surface area contributed by atoms with Crippen molar-refractivity contribution in [1.29, 1.82) is 0 Å². The molecular weight excluding hydrogens is 411 g/mol. The zero-order valence-corrected chi connectivity index (χ0v) is 17.7. The van der Waals surface area contributed by atoms with Crippen LogP contribution < -0.4 is 10.6 Å². The number of carbonyl (C=O) groups is 2. The standard InChI is InChI=1S/C21H20Cl2N4O2/c1-4-14-11-18(27(26-14)17-8-6-5-7-16(17)23)21(29)25-19-12(2)9-13(22)10-15(19)20(28)24-3/h5-11H,4H2,1-3H3,(H,24,28)(H,25,29). The minimum absolute atomic E-state index is 0.283. The lowest BCUT2D eigenvalue weighted by atomic mass is 10.1. The number of hydrogen-bond acceptors (Lipinski definition) is 3. The van der Waals surface area contributed by atoms with Crippen LogP contribution >= 0.6 is 23.2 Å².